The lowest BCUT2D eigenvalue weighted by Crippen LogP contribution is -2.50. The summed E-state index contributed by atoms with van der Waals surface area (Å²) in [4.78, 5) is 4.62. The SMILES string of the molecule is CN1CCN(CC2CCCCC2(O)c2cccc(C(F)(F)F)c2)CC1. The molecule has 2 aliphatic rings. The van der Waals surface area contributed by atoms with Crippen molar-refractivity contribution in [3.63, 3.8) is 0 Å². The summed E-state index contributed by atoms with van der Waals surface area (Å²) in [7, 11) is 2.09. The van der Waals surface area contributed by atoms with E-state index in [-0.39, 0.29) is 5.92 Å². The molecule has 0 aromatic heterocycles. The molecule has 0 bridgehead atoms. The molecule has 6 heteroatoms. The standard InChI is InChI=1S/C19H27F3N2O/c1-23-9-11-24(12-10-23)14-17-5-2-3-8-18(17,25)15-6-4-7-16(13-15)19(20,21)22/h4,6-7,13,17,25H,2-3,5,8-12,14H2,1H3. The van der Waals surface area contributed by atoms with E-state index in [4.69, 9.17) is 0 Å². The Hall–Kier alpha value is -1.11. The Morgan fingerprint density at radius 3 is 2.56 bits per heavy atom. The van der Waals surface area contributed by atoms with Crippen LogP contribution >= 0.6 is 0 Å². The van der Waals surface area contributed by atoms with Crippen LogP contribution in [0.4, 0.5) is 13.2 Å². The van der Waals surface area contributed by atoms with E-state index >= 15 is 0 Å². The van der Waals surface area contributed by atoms with E-state index in [2.05, 4.69) is 16.8 Å². The molecule has 2 fully saturated rings. The number of aliphatic hydroxyl groups is 1. The van der Waals surface area contributed by atoms with E-state index < -0.39 is 17.3 Å². The fraction of sp³-hybridized carbons (Fsp3) is 0.684. The second-order valence-electron chi connectivity index (χ2n) is 7.55. The lowest BCUT2D eigenvalue weighted by Gasteiger charge is -2.44. The number of halogens is 3. The smallest absolute Gasteiger partial charge is 0.385 e. The van der Waals surface area contributed by atoms with Gasteiger partial charge in [-0.15, -0.1) is 0 Å². The van der Waals surface area contributed by atoms with Gasteiger partial charge in [0.25, 0.3) is 0 Å². The van der Waals surface area contributed by atoms with Crippen LogP contribution < -0.4 is 0 Å². The lowest BCUT2D eigenvalue weighted by molar-refractivity contribution is -0.138. The monoisotopic (exact) mass is 356 g/mol. The first-order chi connectivity index (χ1) is 11.8. The van der Waals surface area contributed by atoms with Gasteiger partial charge in [-0.2, -0.15) is 13.2 Å². The number of piperazine rings is 1. The topological polar surface area (TPSA) is 26.7 Å². The minimum Gasteiger partial charge on any atom is -0.385 e. The molecule has 0 spiro atoms. The van der Waals surface area contributed by atoms with Crippen molar-refractivity contribution >= 4 is 0 Å². The number of likely N-dealkylation sites (N-methyl/N-ethyl adjacent to an activating group) is 1. The summed E-state index contributed by atoms with van der Waals surface area (Å²) in [6, 6.07) is 5.28. The largest absolute Gasteiger partial charge is 0.416 e. The predicted octanol–water partition coefficient (Wildman–Crippen LogP) is 3.33. The van der Waals surface area contributed by atoms with Gasteiger partial charge in [-0.1, -0.05) is 25.0 Å². The molecule has 0 radical (unpaired) electrons. The van der Waals surface area contributed by atoms with Crippen molar-refractivity contribution in [1.82, 2.24) is 9.80 Å². The van der Waals surface area contributed by atoms with Gasteiger partial charge in [0.2, 0.25) is 0 Å². The maximum absolute atomic E-state index is 13.1. The minimum absolute atomic E-state index is 0.0202. The number of nitrogens with zero attached hydrogens (tertiary/aromatic N) is 2. The van der Waals surface area contributed by atoms with Crippen molar-refractivity contribution in [3.05, 3.63) is 35.4 Å². The normalized spacial score (nSPS) is 29.7. The minimum atomic E-state index is -4.38. The van der Waals surface area contributed by atoms with Crippen LogP contribution in [0.5, 0.6) is 0 Å². The molecule has 3 nitrogen and oxygen atoms in total. The molecule has 1 aromatic rings. The number of rotatable bonds is 3. The van der Waals surface area contributed by atoms with Gasteiger partial charge in [0.1, 0.15) is 0 Å². The third-order valence-electron chi connectivity index (χ3n) is 5.80. The van der Waals surface area contributed by atoms with Crippen LogP contribution in [-0.2, 0) is 11.8 Å². The Labute approximate surface area is 147 Å². The second kappa shape index (κ2) is 7.25. The Bertz CT molecular complexity index is 584. The third-order valence-corrected chi connectivity index (χ3v) is 5.80. The number of benzene rings is 1. The summed E-state index contributed by atoms with van der Waals surface area (Å²) in [5, 5.41) is 11.4. The van der Waals surface area contributed by atoms with Crippen molar-refractivity contribution in [3.8, 4) is 0 Å². The first kappa shape index (κ1) is 18.7. The predicted molar refractivity (Wildman–Crippen MR) is 91.2 cm³/mol. The lowest BCUT2D eigenvalue weighted by atomic mass is 9.71. The average Bonchev–Trinajstić information content (AvgIpc) is 2.58. The summed E-state index contributed by atoms with van der Waals surface area (Å²) in [5.74, 6) is -0.0202. The van der Waals surface area contributed by atoms with E-state index in [9.17, 15) is 18.3 Å². The van der Waals surface area contributed by atoms with E-state index in [0.717, 1.165) is 64.1 Å². The van der Waals surface area contributed by atoms with Gasteiger partial charge in [0, 0.05) is 38.6 Å². The van der Waals surface area contributed by atoms with Crippen LogP contribution in [0.1, 0.15) is 36.8 Å². The van der Waals surface area contributed by atoms with E-state index in [1.165, 1.54) is 6.07 Å². The van der Waals surface area contributed by atoms with Crippen molar-refractivity contribution in [1.29, 1.82) is 0 Å². The summed E-state index contributed by atoms with van der Waals surface area (Å²) < 4.78 is 39.2. The molecule has 1 aliphatic carbocycles. The Balaban J connectivity index is 1.81. The zero-order chi connectivity index (χ0) is 18.1. The average molecular weight is 356 g/mol. The van der Waals surface area contributed by atoms with Crippen molar-refractivity contribution in [2.24, 2.45) is 5.92 Å². The van der Waals surface area contributed by atoms with Gasteiger partial charge in [-0.05, 0) is 37.6 Å². The van der Waals surface area contributed by atoms with Crippen molar-refractivity contribution in [2.45, 2.75) is 37.5 Å². The zero-order valence-corrected chi connectivity index (χ0v) is 14.7. The second-order valence-corrected chi connectivity index (χ2v) is 7.55. The maximum atomic E-state index is 13.1. The molecule has 1 saturated heterocycles. The number of hydrogen-bond acceptors (Lipinski definition) is 3. The Kier molecular flexibility index (Phi) is 5.42. The molecule has 25 heavy (non-hydrogen) atoms. The Morgan fingerprint density at radius 2 is 1.88 bits per heavy atom. The highest BCUT2D eigenvalue weighted by atomic mass is 19.4. The van der Waals surface area contributed by atoms with Crippen LogP contribution in [0.15, 0.2) is 24.3 Å². The molecule has 1 saturated carbocycles. The van der Waals surface area contributed by atoms with Crippen molar-refractivity contribution in [2.75, 3.05) is 39.8 Å². The molecule has 1 N–H and O–H groups in total. The third kappa shape index (κ3) is 4.18. The highest BCUT2D eigenvalue weighted by Crippen LogP contribution is 2.43. The number of hydrogen-bond donors (Lipinski definition) is 1. The first-order valence-corrected chi connectivity index (χ1v) is 9.10. The summed E-state index contributed by atoms with van der Waals surface area (Å²) in [5.41, 5.74) is -1.42. The van der Waals surface area contributed by atoms with Crippen molar-refractivity contribution < 1.29 is 18.3 Å². The fourth-order valence-corrected chi connectivity index (χ4v) is 4.16. The zero-order valence-electron chi connectivity index (χ0n) is 14.7. The molecule has 2 atom stereocenters. The highest BCUT2D eigenvalue weighted by Gasteiger charge is 2.42. The number of alkyl halides is 3. The Morgan fingerprint density at radius 1 is 1.16 bits per heavy atom. The van der Waals surface area contributed by atoms with Gasteiger partial charge in [-0.25, -0.2) is 0 Å². The molecule has 1 aliphatic heterocycles. The molecular weight excluding hydrogens is 329 g/mol. The molecule has 3 rings (SSSR count). The highest BCUT2D eigenvalue weighted by molar-refractivity contribution is 5.31. The van der Waals surface area contributed by atoms with Crippen LogP contribution in [0.25, 0.3) is 0 Å². The quantitative estimate of drug-likeness (QED) is 0.900. The van der Waals surface area contributed by atoms with Crippen LogP contribution in [0.2, 0.25) is 0 Å². The maximum Gasteiger partial charge on any atom is 0.416 e. The summed E-state index contributed by atoms with van der Waals surface area (Å²) >= 11 is 0. The molecule has 1 heterocycles. The van der Waals surface area contributed by atoms with Crippen LogP contribution in [0.3, 0.4) is 0 Å². The summed E-state index contributed by atoms with van der Waals surface area (Å²) in [6.45, 7) is 4.64. The van der Waals surface area contributed by atoms with Crippen LogP contribution in [0, 0.1) is 5.92 Å². The first-order valence-electron chi connectivity index (χ1n) is 9.10. The van der Waals surface area contributed by atoms with Crippen LogP contribution in [-0.4, -0.2) is 54.7 Å². The molecule has 1 aromatic carbocycles. The summed E-state index contributed by atoms with van der Waals surface area (Å²) in [6.07, 6.45) is -1.11. The van der Waals surface area contributed by atoms with Gasteiger partial charge >= 0.3 is 6.18 Å². The van der Waals surface area contributed by atoms with E-state index in [1.807, 2.05) is 0 Å². The van der Waals surface area contributed by atoms with E-state index in [1.54, 1.807) is 6.07 Å². The van der Waals surface area contributed by atoms with Gasteiger partial charge < -0.3 is 14.9 Å². The van der Waals surface area contributed by atoms with Gasteiger partial charge in [-0.3, -0.25) is 0 Å². The van der Waals surface area contributed by atoms with Gasteiger partial charge in [0.05, 0.1) is 11.2 Å². The van der Waals surface area contributed by atoms with E-state index in [0.29, 0.717) is 12.0 Å². The molecule has 2 unspecified atom stereocenters. The molecular formula is C19H27F3N2O. The molecule has 140 valence electrons. The molecule has 0 amide bonds. The fourth-order valence-electron chi connectivity index (χ4n) is 4.16. The van der Waals surface area contributed by atoms with Gasteiger partial charge in [0.15, 0.2) is 0 Å².